The molecule has 0 rings (SSSR count). The molecule has 0 fully saturated rings. The van der Waals surface area contributed by atoms with E-state index in [9.17, 15) is 14.4 Å². The molecule has 72 heavy (non-hydrogen) atoms. The molecule has 6 nitrogen and oxygen atoms in total. The summed E-state index contributed by atoms with van der Waals surface area (Å²) in [5.41, 5.74) is 0. The van der Waals surface area contributed by atoms with Gasteiger partial charge in [0.1, 0.15) is 13.2 Å². The second kappa shape index (κ2) is 59.1. The highest BCUT2D eigenvalue weighted by atomic mass is 16.6. The van der Waals surface area contributed by atoms with E-state index in [0.29, 0.717) is 19.3 Å². The van der Waals surface area contributed by atoms with Crippen molar-refractivity contribution < 1.29 is 28.6 Å². The SMILES string of the molecule is CC/C=C\C/C=C\C/C=C\C/C=C\C/C=C\C/C=C\C/C=C\C/C=C\C/C=C\CCCCCC(=O)OCC(COC(=O)CCCCCCCCCCCC)OC(=O)CCCCCCC/C=C\C/C=C\CCC. The lowest BCUT2D eigenvalue weighted by Crippen LogP contribution is -2.30. The molecule has 0 saturated heterocycles. The van der Waals surface area contributed by atoms with Gasteiger partial charge in [0.2, 0.25) is 0 Å². The van der Waals surface area contributed by atoms with Gasteiger partial charge < -0.3 is 14.2 Å². The second-order valence-electron chi connectivity index (χ2n) is 18.8. The molecule has 0 heterocycles. The van der Waals surface area contributed by atoms with Crippen molar-refractivity contribution in [3.8, 4) is 0 Å². The van der Waals surface area contributed by atoms with Crippen LogP contribution in [0.4, 0.5) is 0 Å². The first kappa shape index (κ1) is 67.5. The van der Waals surface area contributed by atoms with Gasteiger partial charge in [-0.15, -0.1) is 0 Å². The normalized spacial score (nSPS) is 13.1. The Labute approximate surface area is 443 Å². The average Bonchev–Trinajstić information content (AvgIpc) is 3.38. The van der Waals surface area contributed by atoms with Crippen LogP contribution < -0.4 is 0 Å². The lowest BCUT2D eigenvalue weighted by atomic mass is 10.1. The van der Waals surface area contributed by atoms with Crippen molar-refractivity contribution in [1.82, 2.24) is 0 Å². The minimum atomic E-state index is -0.801. The van der Waals surface area contributed by atoms with Crippen LogP contribution in [0.15, 0.2) is 134 Å². The summed E-state index contributed by atoms with van der Waals surface area (Å²) in [5.74, 6) is -0.952. The standard InChI is InChI=1S/C66H106O6/c1-4-7-10-13-16-19-22-24-25-26-27-28-29-30-31-32-33-34-35-36-37-38-39-40-41-43-44-47-50-53-56-59-65(68)71-62-63(61-70-64(67)58-55-52-49-46-21-18-15-12-9-6-3)72-66(69)60-57-54-51-48-45-42-23-20-17-14-11-8-5-2/h7,10-11,14,16,19-20,23-25,27-28,30-31,33-34,36-37,39-40,43-44,63H,4-6,8-9,12-13,15,17-18,21-22,26,29,32,35,38,41-42,45-62H2,1-3H3/b10-7-,14-11-,19-16-,23-20-,25-24-,28-27-,31-30-,34-33-,37-36-,40-39-,44-43-. The van der Waals surface area contributed by atoms with Crippen LogP contribution in [0.25, 0.3) is 0 Å². The van der Waals surface area contributed by atoms with E-state index in [2.05, 4.69) is 154 Å². The van der Waals surface area contributed by atoms with Crippen molar-refractivity contribution in [3.63, 3.8) is 0 Å². The summed E-state index contributed by atoms with van der Waals surface area (Å²) in [7, 11) is 0. The highest BCUT2D eigenvalue weighted by Crippen LogP contribution is 2.14. The van der Waals surface area contributed by atoms with Gasteiger partial charge in [0.25, 0.3) is 0 Å². The van der Waals surface area contributed by atoms with Crippen LogP contribution in [0.1, 0.15) is 245 Å². The molecular formula is C66H106O6. The van der Waals surface area contributed by atoms with Gasteiger partial charge in [-0.25, -0.2) is 0 Å². The monoisotopic (exact) mass is 995 g/mol. The molecule has 0 aromatic rings. The molecule has 406 valence electrons. The highest BCUT2D eigenvalue weighted by molar-refractivity contribution is 5.71. The van der Waals surface area contributed by atoms with Gasteiger partial charge in [0.15, 0.2) is 6.10 Å². The van der Waals surface area contributed by atoms with E-state index in [4.69, 9.17) is 14.2 Å². The topological polar surface area (TPSA) is 78.9 Å². The summed E-state index contributed by atoms with van der Waals surface area (Å²) >= 11 is 0. The molecule has 0 saturated carbocycles. The molecule has 0 aromatic heterocycles. The third kappa shape index (κ3) is 56.5. The highest BCUT2D eigenvalue weighted by Gasteiger charge is 2.19. The number of hydrogen-bond donors (Lipinski definition) is 0. The fourth-order valence-electron chi connectivity index (χ4n) is 7.53. The van der Waals surface area contributed by atoms with Crippen LogP contribution in [0.2, 0.25) is 0 Å². The van der Waals surface area contributed by atoms with Gasteiger partial charge in [-0.3, -0.25) is 14.4 Å². The molecule has 0 amide bonds. The van der Waals surface area contributed by atoms with Crippen molar-refractivity contribution in [2.75, 3.05) is 13.2 Å². The van der Waals surface area contributed by atoms with Crippen molar-refractivity contribution in [3.05, 3.63) is 134 Å². The van der Waals surface area contributed by atoms with Gasteiger partial charge >= 0.3 is 17.9 Å². The molecular weight excluding hydrogens is 889 g/mol. The molecule has 1 atom stereocenters. The molecule has 0 bridgehead atoms. The van der Waals surface area contributed by atoms with E-state index in [0.717, 1.165) is 154 Å². The van der Waals surface area contributed by atoms with Gasteiger partial charge in [-0.1, -0.05) is 244 Å². The Morgan fingerprint density at radius 1 is 0.292 bits per heavy atom. The number of rotatable bonds is 51. The Hall–Kier alpha value is -4.45. The van der Waals surface area contributed by atoms with Crippen LogP contribution in [0.3, 0.4) is 0 Å². The Kier molecular flexibility index (Phi) is 55.5. The first-order chi connectivity index (χ1) is 35.5. The maximum atomic E-state index is 12.8. The van der Waals surface area contributed by atoms with E-state index in [1.54, 1.807) is 0 Å². The first-order valence-electron chi connectivity index (χ1n) is 29.2. The van der Waals surface area contributed by atoms with Gasteiger partial charge in [0.05, 0.1) is 0 Å². The molecule has 1 unspecified atom stereocenters. The van der Waals surface area contributed by atoms with Gasteiger partial charge in [-0.2, -0.15) is 0 Å². The maximum absolute atomic E-state index is 12.8. The number of ether oxygens (including phenoxy) is 3. The van der Waals surface area contributed by atoms with Crippen LogP contribution in [0, 0.1) is 0 Å². The van der Waals surface area contributed by atoms with Crippen molar-refractivity contribution in [2.24, 2.45) is 0 Å². The molecule has 0 aliphatic rings. The summed E-state index contributed by atoms with van der Waals surface area (Å²) in [6, 6.07) is 0. The molecule has 0 radical (unpaired) electrons. The minimum Gasteiger partial charge on any atom is -0.462 e. The van der Waals surface area contributed by atoms with E-state index in [-0.39, 0.29) is 31.1 Å². The summed E-state index contributed by atoms with van der Waals surface area (Å²) in [4.78, 5) is 38.0. The molecule has 6 heteroatoms. The Morgan fingerprint density at radius 3 is 0.917 bits per heavy atom. The predicted octanol–water partition coefficient (Wildman–Crippen LogP) is 19.8. The predicted molar refractivity (Wildman–Crippen MR) is 311 cm³/mol. The smallest absolute Gasteiger partial charge is 0.306 e. The molecule has 0 aliphatic carbocycles. The van der Waals surface area contributed by atoms with Crippen LogP contribution in [0.5, 0.6) is 0 Å². The van der Waals surface area contributed by atoms with Crippen molar-refractivity contribution in [2.45, 2.75) is 252 Å². The largest absolute Gasteiger partial charge is 0.462 e. The van der Waals surface area contributed by atoms with E-state index >= 15 is 0 Å². The molecule has 0 spiro atoms. The molecule has 0 aliphatic heterocycles. The zero-order valence-corrected chi connectivity index (χ0v) is 46.4. The van der Waals surface area contributed by atoms with Crippen LogP contribution in [-0.2, 0) is 28.6 Å². The average molecular weight is 996 g/mol. The first-order valence-corrected chi connectivity index (χ1v) is 29.2. The third-order valence-electron chi connectivity index (χ3n) is 11.9. The Bertz CT molecular complexity index is 1560. The zero-order chi connectivity index (χ0) is 52.2. The number of carbonyl (C=O) groups is 3. The summed E-state index contributed by atoms with van der Waals surface area (Å²) in [5, 5.41) is 0. The summed E-state index contributed by atoms with van der Waals surface area (Å²) in [6.07, 6.45) is 83.1. The maximum Gasteiger partial charge on any atom is 0.306 e. The van der Waals surface area contributed by atoms with E-state index in [1.165, 1.54) is 51.4 Å². The minimum absolute atomic E-state index is 0.0964. The van der Waals surface area contributed by atoms with Crippen LogP contribution in [-0.4, -0.2) is 37.2 Å². The third-order valence-corrected chi connectivity index (χ3v) is 11.9. The number of carbonyl (C=O) groups excluding carboxylic acids is 3. The number of unbranched alkanes of at least 4 members (excludes halogenated alkanes) is 18. The van der Waals surface area contributed by atoms with E-state index < -0.39 is 6.10 Å². The summed E-state index contributed by atoms with van der Waals surface area (Å²) in [6.45, 7) is 6.39. The fraction of sp³-hybridized carbons (Fsp3) is 0.621. The van der Waals surface area contributed by atoms with E-state index in [1.807, 2.05) is 0 Å². The number of allylic oxidation sites excluding steroid dienone is 22. The second-order valence-corrected chi connectivity index (χ2v) is 18.8. The fourth-order valence-corrected chi connectivity index (χ4v) is 7.53. The Morgan fingerprint density at radius 2 is 0.569 bits per heavy atom. The molecule has 0 aromatic carbocycles. The number of hydrogen-bond acceptors (Lipinski definition) is 6. The lowest BCUT2D eigenvalue weighted by Gasteiger charge is -2.18. The van der Waals surface area contributed by atoms with Gasteiger partial charge in [-0.05, 0) is 116 Å². The quantitative estimate of drug-likeness (QED) is 0.0261. The number of esters is 3. The van der Waals surface area contributed by atoms with Crippen molar-refractivity contribution >= 4 is 17.9 Å². The lowest BCUT2D eigenvalue weighted by molar-refractivity contribution is -0.167. The van der Waals surface area contributed by atoms with Gasteiger partial charge in [0, 0.05) is 19.3 Å². The summed E-state index contributed by atoms with van der Waals surface area (Å²) < 4.78 is 16.8. The zero-order valence-electron chi connectivity index (χ0n) is 46.4. The van der Waals surface area contributed by atoms with Crippen molar-refractivity contribution in [1.29, 1.82) is 0 Å². The molecule has 0 N–H and O–H groups in total. The Balaban J connectivity index is 4.32. The van der Waals surface area contributed by atoms with Crippen LogP contribution >= 0.6 is 0 Å².